The van der Waals surface area contributed by atoms with Crippen LogP contribution in [0.3, 0.4) is 0 Å². The zero-order valence-electron chi connectivity index (χ0n) is 8.07. The molecular weight excluding hydrogens is 174 g/mol. The van der Waals surface area contributed by atoms with Gasteiger partial charge in [0.1, 0.15) is 0 Å². The summed E-state index contributed by atoms with van der Waals surface area (Å²) in [5, 5.41) is 0. The monoisotopic (exact) mass is 187 g/mol. The van der Waals surface area contributed by atoms with Crippen LogP contribution in [-0.4, -0.2) is 4.57 Å². The van der Waals surface area contributed by atoms with Crippen molar-refractivity contribution in [2.24, 2.45) is 7.05 Å². The Morgan fingerprint density at radius 3 is 2.50 bits per heavy atom. The first-order valence-corrected chi connectivity index (χ1v) is 4.44. The molecule has 0 spiro atoms. The minimum Gasteiger partial charge on any atom is -0.399 e. The lowest BCUT2D eigenvalue weighted by atomic mass is 10.1. The van der Waals surface area contributed by atoms with E-state index in [4.69, 9.17) is 11.5 Å². The summed E-state index contributed by atoms with van der Waals surface area (Å²) in [5.74, 6) is 0. The fourth-order valence-electron chi connectivity index (χ4n) is 1.55. The standard InChI is InChI=1S/C11H13N3/c1-14-6-10(11(13)7-14)8-3-2-4-9(12)5-8/h2-7H,12-13H2,1H3. The van der Waals surface area contributed by atoms with E-state index in [-0.39, 0.29) is 0 Å². The van der Waals surface area contributed by atoms with Crippen molar-refractivity contribution >= 4 is 11.4 Å². The van der Waals surface area contributed by atoms with E-state index in [9.17, 15) is 0 Å². The Kier molecular flexibility index (Phi) is 1.93. The summed E-state index contributed by atoms with van der Waals surface area (Å²) in [6, 6.07) is 7.72. The molecular formula is C11H13N3. The zero-order chi connectivity index (χ0) is 10.1. The highest BCUT2D eigenvalue weighted by Crippen LogP contribution is 2.27. The second kappa shape index (κ2) is 3.10. The summed E-state index contributed by atoms with van der Waals surface area (Å²) >= 11 is 0. The van der Waals surface area contributed by atoms with Crippen LogP contribution in [0.1, 0.15) is 0 Å². The van der Waals surface area contributed by atoms with Crippen LogP contribution < -0.4 is 11.5 Å². The molecule has 72 valence electrons. The first-order valence-electron chi connectivity index (χ1n) is 4.44. The maximum absolute atomic E-state index is 5.86. The number of nitrogens with zero attached hydrogens (tertiary/aromatic N) is 1. The lowest BCUT2D eigenvalue weighted by molar-refractivity contribution is 0.929. The van der Waals surface area contributed by atoms with Gasteiger partial charge < -0.3 is 16.0 Å². The van der Waals surface area contributed by atoms with Crippen LogP contribution in [0.2, 0.25) is 0 Å². The summed E-state index contributed by atoms with van der Waals surface area (Å²) in [5.41, 5.74) is 15.2. The van der Waals surface area contributed by atoms with E-state index < -0.39 is 0 Å². The van der Waals surface area contributed by atoms with E-state index >= 15 is 0 Å². The maximum Gasteiger partial charge on any atom is 0.0573 e. The molecule has 3 heteroatoms. The molecule has 14 heavy (non-hydrogen) atoms. The van der Waals surface area contributed by atoms with Gasteiger partial charge in [0.25, 0.3) is 0 Å². The highest BCUT2D eigenvalue weighted by Gasteiger charge is 2.04. The Balaban J connectivity index is 2.54. The van der Waals surface area contributed by atoms with Gasteiger partial charge in [-0.25, -0.2) is 0 Å². The van der Waals surface area contributed by atoms with Crippen LogP contribution in [0.5, 0.6) is 0 Å². The van der Waals surface area contributed by atoms with Crippen LogP contribution in [-0.2, 0) is 7.05 Å². The van der Waals surface area contributed by atoms with Gasteiger partial charge in [0.15, 0.2) is 0 Å². The van der Waals surface area contributed by atoms with Gasteiger partial charge in [-0.05, 0) is 17.7 Å². The minimum absolute atomic E-state index is 0.755. The number of nitrogen functional groups attached to an aromatic ring is 2. The summed E-state index contributed by atoms with van der Waals surface area (Å²) in [6.45, 7) is 0. The van der Waals surface area contributed by atoms with Gasteiger partial charge in [0, 0.05) is 30.7 Å². The molecule has 0 bridgehead atoms. The van der Waals surface area contributed by atoms with Gasteiger partial charge in [-0.1, -0.05) is 12.1 Å². The van der Waals surface area contributed by atoms with Crippen LogP contribution in [0.25, 0.3) is 11.1 Å². The number of hydrogen-bond donors (Lipinski definition) is 2. The Bertz CT molecular complexity index is 457. The second-order valence-electron chi connectivity index (χ2n) is 3.42. The topological polar surface area (TPSA) is 57.0 Å². The van der Waals surface area contributed by atoms with E-state index in [1.807, 2.05) is 48.3 Å². The third kappa shape index (κ3) is 1.44. The molecule has 0 amide bonds. The van der Waals surface area contributed by atoms with Crippen molar-refractivity contribution in [2.75, 3.05) is 11.5 Å². The number of rotatable bonds is 1. The molecule has 0 unspecified atom stereocenters. The van der Waals surface area contributed by atoms with Crippen molar-refractivity contribution < 1.29 is 0 Å². The number of nitrogens with two attached hydrogens (primary N) is 2. The molecule has 0 aliphatic heterocycles. The lowest BCUT2D eigenvalue weighted by Crippen LogP contribution is -1.87. The predicted molar refractivity (Wildman–Crippen MR) is 59.7 cm³/mol. The second-order valence-corrected chi connectivity index (χ2v) is 3.42. The molecule has 4 N–H and O–H groups in total. The largest absolute Gasteiger partial charge is 0.399 e. The first-order chi connectivity index (χ1) is 6.66. The summed E-state index contributed by atoms with van der Waals surface area (Å²) in [4.78, 5) is 0. The van der Waals surface area contributed by atoms with Gasteiger partial charge in [-0.2, -0.15) is 0 Å². The van der Waals surface area contributed by atoms with Gasteiger partial charge in [-0.3, -0.25) is 0 Å². The fourth-order valence-corrected chi connectivity index (χ4v) is 1.55. The van der Waals surface area contributed by atoms with E-state index in [1.165, 1.54) is 0 Å². The SMILES string of the molecule is Cn1cc(N)c(-c2cccc(N)c2)c1. The molecule has 0 radical (unpaired) electrons. The van der Waals surface area contributed by atoms with Crippen molar-refractivity contribution in [1.82, 2.24) is 4.57 Å². The van der Waals surface area contributed by atoms with Crippen LogP contribution in [0.15, 0.2) is 36.7 Å². The highest BCUT2D eigenvalue weighted by atomic mass is 14.9. The molecule has 3 nitrogen and oxygen atoms in total. The number of benzene rings is 1. The zero-order valence-corrected chi connectivity index (χ0v) is 8.07. The predicted octanol–water partition coefficient (Wildman–Crippen LogP) is 1.86. The third-order valence-electron chi connectivity index (χ3n) is 2.18. The van der Waals surface area contributed by atoms with Crippen LogP contribution >= 0.6 is 0 Å². The Morgan fingerprint density at radius 1 is 1.14 bits per heavy atom. The van der Waals surface area contributed by atoms with Crippen LogP contribution in [0.4, 0.5) is 11.4 Å². The normalized spacial score (nSPS) is 10.4. The maximum atomic E-state index is 5.86. The third-order valence-corrected chi connectivity index (χ3v) is 2.18. The van der Waals surface area contributed by atoms with E-state index in [0.29, 0.717) is 0 Å². The molecule has 2 rings (SSSR count). The van der Waals surface area contributed by atoms with Crippen molar-refractivity contribution in [3.05, 3.63) is 36.7 Å². The molecule has 2 aromatic rings. The number of aromatic nitrogens is 1. The van der Waals surface area contributed by atoms with Gasteiger partial charge in [0.05, 0.1) is 5.69 Å². The Morgan fingerprint density at radius 2 is 1.93 bits per heavy atom. The average molecular weight is 187 g/mol. The van der Waals surface area contributed by atoms with Crippen LogP contribution in [0, 0.1) is 0 Å². The average Bonchev–Trinajstić information content (AvgIpc) is 2.45. The summed E-state index contributed by atoms with van der Waals surface area (Å²) < 4.78 is 1.94. The Hall–Kier alpha value is -1.90. The number of hydrogen-bond acceptors (Lipinski definition) is 2. The molecule has 1 aromatic carbocycles. The molecule has 0 saturated carbocycles. The number of anilines is 2. The molecule has 0 aliphatic rings. The van der Waals surface area contributed by atoms with Gasteiger partial charge in [0.2, 0.25) is 0 Å². The van der Waals surface area contributed by atoms with E-state index in [2.05, 4.69) is 0 Å². The molecule has 0 atom stereocenters. The van der Waals surface area contributed by atoms with Gasteiger partial charge in [-0.15, -0.1) is 0 Å². The van der Waals surface area contributed by atoms with E-state index in [1.54, 1.807) is 0 Å². The molecule has 1 aromatic heterocycles. The summed E-state index contributed by atoms with van der Waals surface area (Å²) in [6.07, 6.45) is 3.88. The Labute approximate surface area is 83.0 Å². The first kappa shape index (κ1) is 8.69. The van der Waals surface area contributed by atoms with Crippen molar-refractivity contribution in [3.8, 4) is 11.1 Å². The van der Waals surface area contributed by atoms with Crippen molar-refractivity contribution in [3.63, 3.8) is 0 Å². The minimum atomic E-state index is 0.755. The summed E-state index contributed by atoms with van der Waals surface area (Å²) in [7, 11) is 1.95. The van der Waals surface area contributed by atoms with Crippen molar-refractivity contribution in [2.45, 2.75) is 0 Å². The molecule has 0 aliphatic carbocycles. The molecule has 1 heterocycles. The van der Waals surface area contributed by atoms with Crippen molar-refractivity contribution in [1.29, 1.82) is 0 Å². The molecule has 0 fully saturated rings. The number of aryl methyl sites for hydroxylation is 1. The highest BCUT2D eigenvalue weighted by molar-refractivity contribution is 5.77. The fraction of sp³-hybridized carbons (Fsp3) is 0.0909. The van der Waals surface area contributed by atoms with Gasteiger partial charge >= 0.3 is 0 Å². The molecule has 0 saturated heterocycles. The quantitative estimate of drug-likeness (QED) is 0.669. The lowest BCUT2D eigenvalue weighted by Gasteiger charge is -2.00. The van der Waals surface area contributed by atoms with E-state index in [0.717, 1.165) is 22.5 Å². The smallest absolute Gasteiger partial charge is 0.0573 e.